The van der Waals surface area contributed by atoms with Crippen LogP contribution in [0.1, 0.15) is 18.9 Å². The van der Waals surface area contributed by atoms with Gasteiger partial charge >= 0.3 is 18.0 Å². The number of anilines is 2. The molecule has 0 bridgehead atoms. The number of carbonyl (C=O) groups excluding carboxylic acids is 1. The van der Waals surface area contributed by atoms with Gasteiger partial charge in [-0.3, -0.25) is 10.2 Å². The lowest BCUT2D eigenvalue weighted by Crippen LogP contribution is -2.45. The predicted octanol–water partition coefficient (Wildman–Crippen LogP) is 3.48. The van der Waals surface area contributed by atoms with E-state index in [1.807, 2.05) is 6.07 Å². The number of benzene rings is 2. The van der Waals surface area contributed by atoms with Crippen LogP contribution in [-0.2, 0) is 15.0 Å². The van der Waals surface area contributed by atoms with E-state index < -0.39 is 18.0 Å². The van der Waals surface area contributed by atoms with E-state index in [1.165, 1.54) is 11.3 Å². The van der Waals surface area contributed by atoms with Crippen LogP contribution in [0.2, 0.25) is 5.02 Å². The fourth-order valence-electron chi connectivity index (χ4n) is 4.41. The highest BCUT2D eigenvalue weighted by Gasteiger charge is 2.52. The van der Waals surface area contributed by atoms with Crippen LogP contribution in [0.3, 0.4) is 0 Å². The standard InChI is InChI=1S/C20H22ClN3O2.C2H2O4/c1-20-10-11-23(2)18(20)24(3)17-9-6-14(12-16(17)20)22-19(25)26-15-7-4-13(21)5-8-15;3-1(4)2(5)6/h4-9,12,18H,10-11H2,1-3H3,(H,22,25);(H,3,4)(H,5,6). The van der Waals surface area contributed by atoms with Crippen molar-refractivity contribution in [1.82, 2.24) is 4.90 Å². The summed E-state index contributed by atoms with van der Waals surface area (Å²) in [6.07, 6.45) is 0.946. The molecule has 2 aliphatic rings. The number of nitrogens with zero attached hydrogens (tertiary/aromatic N) is 2. The molecule has 2 aromatic rings. The van der Waals surface area contributed by atoms with Gasteiger partial charge in [-0.05, 0) is 61.5 Å². The highest BCUT2D eigenvalue weighted by atomic mass is 35.5. The van der Waals surface area contributed by atoms with Crippen LogP contribution in [0.5, 0.6) is 5.75 Å². The SMILES string of the molecule is CN1CCC2(C)c3cc(NC(=O)Oc4ccc(Cl)cc4)ccc3N(C)C12.O=C(O)C(=O)O. The minimum atomic E-state index is -1.82. The minimum absolute atomic E-state index is 0.0661. The van der Waals surface area contributed by atoms with Crippen molar-refractivity contribution in [3.63, 3.8) is 0 Å². The Bertz CT molecular complexity index is 1030. The second-order valence-corrected chi connectivity index (χ2v) is 8.38. The van der Waals surface area contributed by atoms with Gasteiger partial charge in [0.1, 0.15) is 5.75 Å². The van der Waals surface area contributed by atoms with Crippen LogP contribution < -0.4 is 15.0 Å². The molecule has 0 aromatic heterocycles. The number of hydrogen-bond acceptors (Lipinski definition) is 6. The van der Waals surface area contributed by atoms with Gasteiger partial charge in [-0.1, -0.05) is 18.5 Å². The van der Waals surface area contributed by atoms with Gasteiger partial charge in [-0.2, -0.15) is 0 Å². The van der Waals surface area contributed by atoms with Crippen LogP contribution in [0.15, 0.2) is 42.5 Å². The first kappa shape index (κ1) is 23.4. The van der Waals surface area contributed by atoms with E-state index in [0.29, 0.717) is 16.9 Å². The first-order valence-corrected chi connectivity index (χ1v) is 10.2. The van der Waals surface area contributed by atoms with Gasteiger partial charge in [-0.25, -0.2) is 14.4 Å². The van der Waals surface area contributed by atoms with Crippen molar-refractivity contribution in [2.24, 2.45) is 0 Å². The number of ether oxygens (including phenoxy) is 1. The first-order valence-electron chi connectivity index (χ1n) is 9.81. The van der Waals surface area contributed by atoms with Gasteiger partial charge in [0.15, 0.2) is 0 Å². The number of carboxylic acid groups (broad SMARTS) is 2. The molecule has 2 unspecified atom stereocenters. The molecule has 10 heteroatoms. The van der Waals surface area contributed by atoms with E-state index in [2.05, 4.69) is 48.3 Å². The Balaban J connectivity index is 0.000000427. The Morgan fingerprint density at radius 3 is 2.31 bits per heavy atom. The monoisotopic (exact) mass is 461 g/mol. The fraction of sp³-hybridized carbons (Fsp3) is 0.318. The average Bonchev–Trinajstić information content (AvgIpc) is 3.15. The molecule has 2 atom stereocenters. The van der Waals surface area contributed by atoms with E-state index in [0.717, 1.165) is 18.7 Å². The van der Waals surface area contributed by atoms with Gasteiger partial charge < -0.3 is 19.8 Å². The summed E-state index contributed by atoms with van der Waals surface area (Å²) in [4.78, 5) is 35.1. The zero-order valence-electron chi connectivity index (χ0n) is 17.8. The molecule has 1 amide bonds. The summed E-state index contributed by atoms with van der Waals surface area (Å²) in [6.45, 7) is 3.38. The van der Waals surface area contributed by atoms with Gasteiger partial charge in [-0.15, -0.1) is 0 Å². The highest BCUT2D eigenvalue weighted by Crippen LogP contribution is 2.51. The number of amides is 1. The van der Waals surface area contributed by atoms with Crippen LogP contribution in [0.25, 0.3) is 0 Å². The number of likely N-dealkylation sites (N-methyl/N-ethyl adjacent to an activating group) is 2. The second kappa shape index (κ2) is 9.05. The molecule has 0 spiro atoms. The number of fused-ring (bicyclic) bond motifs is 3. The van der Waals surface area contributed by atoms with Crippen LogP contribution in [0.4, 0.5) is 16.2 Å². The molecule has 1 fully saturated rings. The highest BCUT2D eigenvalue weighted by molar-refractivity contribution is 6.30. The lowest BCUT2D eigenvalue weighted by Gasteiger charge is -2.32. The molecule has 0 radical (unpaired) electrons. The smallest absolute Gasteiger partial charge is 0.417 e. The number of aliphatic carboxylic acids is 2. The normalized spacial score (nSPS) is 21.1. The van der Waals surface area contributed by atoms with Gasteiger partial charge in [0.2, 0.25) is 0 Å². The molecule has 1 saturated heterocycles. The molecule has 0 saturated carbocycles. The lowest BCUT2D eigenvalue weighted by atomic mass is 9.81. The van der Waals surface area contributed by atoms with Crippen molar-refractivity contribution in [3.8, 4) is 5.75 Å². The summed E-state index contributed by atoms with van der Waals surface area (Å²) in [5, 5.41) is 18.2. The Morgan fingerprint density at radius 1 is 1.09 bits per heavy atom. The summed E-state index contributed by atoms with van der Waals surface area (Å²) in [7, 11) is 4.30. The van der Waals surface area contributed by atoms with Crippen LogP contribution in [0, 0.1) is 0 Å². The fourth-order valence-corrected chi connectivity index (χ4v) is 4.53. The summed E-state index contributed by atoms with van der Waals surface area (Å²) in [5.74, 6) is -3.19. The van der Waals surface area contributed by atoms with E-state index >= 15 is 0 Å². The first-order chi connectivity index (χ1) is 15.0. The Hall–Kier alpha value is -3.30. The number of rotatable bonds is 2. The molecule has 170 valence electrons. The van der Waals surface area contributed by atoms with Crippen LogP contribution in [-0.4, -0.2) is 60.0 Å². The van der Waals surface area contributed by atoms with E-state index in [1.54, 1.807) is 24.3 Å². The Morgan fingerprint density at radius 2 is 1.72 bits per heavy atom. The summed E-state index contributed by atoms with van der Waals surface area (Å²) in [6, 6.07) is 12.8. The van der Waals surface area contributed by atoms with Crippen molar-refractivity contribution in [3.05, 3.63) is 53.1 Å². The maximum Gasteiger partial charge on any atom is 0.417 e. The second-order valence-electron chi connectivity index (χ2n) is 7.94. The molecular formula is C22H24ClN3O6. The molecule has 32 heavy (non-hydrogen) atoms. The molecule has 3 N–H and O–H groups in total. The topological polar surface area (TPSA) is 119 Å². The number of likely N-dealkylation sites (tertiary alicyclic amines) is 1. The average molecular weight is 462 g/mol. The maximum absolute atomic E-state index is 12.2. The number of carbonyl (C=O) groups is 3. The Labute approximate surface area is 190 Å². The van der Waals surface area contributed by atoms with E-state index in [9.17, 15) is 4.79 Å². The minimum Gasteiger partial charge on any atom is -0.473 e. The molecule has 2 aromatic carbocycles. The zero-order valence-corrected chi connectivity index (χ0v) is 18.6. The van der Waals surface area contributed by atoms with Gasteiger partial charge in [0.25, 0.3) is 0 Å². The number of hydrogen-bond donors (Lipinski definition) is 3. The molecule has 4 rings (SSSR count). The predicted molar refractivity (Wildman–Crippen MR) is 120 cm³/mol. The maximum atomic E-state index is 12.2. The molecule has 2 aliphatic heterocycles. The number of carboxylic acids is 2. The summed E-state index contributed by atoms with van der Waals surface area (Å²) < 4.78 is 5.32. The number of nitrogens with one attached hydrogen (secondary N) is 1. The van der Waals surface area contributed by atoms with E-state index in [4.69, 9.17) is 36.1 Å². The van der Waals surface area contributed by atoms with Crippen molar-refractivity contribution < 1.29 is 29.3 Å². The van der Waals surface area contributed by atoms with Crippen LogP contribution >= 0.6 is 11.6 Å². The van der Waals surface area contributed by atoms with Crippen molar-refractivity contribution in [1.29, 1.82) is 0 Å². The third kappa shape index (κ3) is 4.63. The van der Waals surface area contributed by atoms with Crippen molar-refractivity contribution >= 4 is 41.0 Å². The third-order valence-corrected chi connectivity index (χ3v) is 6.04. The van der Waals surface area contributed by atoms with E-state index in [-0.39, 0.29) is 5.41 Å². The molecular weight excluding hydrogens is 438 g/mol. The van der Waals surface area contributed by atoms with Crippen molar-refractivity contribution in [2.45, 2.75) is 24.9 Å². The summed E-state index contributed by atoms with van der Waals surface area (Å²) in [5.41, 5.74) is 3.31. The third-order valence-electron chi connectivity index (χ3n) is 5.78. The quantitative estimate of drug-likeness (QED) is 0.581. The summed E-state index contributed by atoms with van der Waals surface area (Å²) >= 11 is 5.85. The molecule has 9 nitrogen and oxygen atoms in total. The molecule has 0 aliphatic carbocycles. The van der Waals surface area contributed by atoms with Crippen molar-refractivity contribution in [2.75, 3.05) is 30.9 Å². The lowest BCUT2D eigenvalue weighted by molar-refractivity contribution is -0.159. The largest absolute Gasteiger partial charge is 0.473 e. The Kier molecular flexibility index (Phi) is 6.61. The van der Waals surface area contributed by atoms with Gasteiger partial charge in [0, 0.05) is 35.4 Å². The zero-order chi connectivity index (χ0) is 23.6. The van der Waals surface area contributed by atoms with Gasteiger partial charge in [0.05, 0.1) is 6.17 Å². The molecule has 2 heterocycles. The number of halogens is 1.